The van der Waals surface area contributed by atoms with Gasteiger partial charge in [-0.15, -0.1) is 0 Å². The van der Waals surface area contributed by atoms with Crippen molar-refractivity contribution in [1.82, 2.24) is 5.32 Å². The first-order chi connectivity index (χ1) is 8.82. The summed E-state index contributed by atoms with van der Waals surface area (Å²) in [7, 11) is 0. The second-order valence-corrected chi connectivity index (χ2v) is 5.21. The molecule has 0 radical (unpaired) electrons. The van der Waals surface area contributed by atoms with E-state index in [-0.39, 0.29) is 11.6 Å². The molecule has 1 amide bonds. The molecule has 0 saturated carbocycles. The minimum absolute atomic E-state index is 0.0321. The fourth-order valence-electron chi connectivity index (χ4n) is 1.42. The quantitative estimate of drug-likeness (QED) is 0.485. The summed E-state index contributed by atoms with van der Waals surface area (Å²) in [5, 5.41) is 16.5. The van der Waals surface area contributed by atoms with Crippen LogP contribution in [0.1, 0.15) is 20.8 Å². The van der Waals surface area contributed by atoms with Crippen LogP contribution in [0.4, 0.5) is 11.4 Å². The number of amides is 1. The minimum Gasteiger partial charge on any atom is -0.378 e. The lowest BCUT2D eigenvalue weighted by molar-refractivity contribution is -0.384. The third-order valence-electron chi connectivity index (χ3n) is 2.51. The molecule has 6 nitrogen and oxygen atoms in total. The van der Waals surface area contributed by atoms with Gasteiger partial charge in [0.25, 0.3) is 5.69 Å². The Hall–Kier alpha value is -2.11. The molecule has 1 aromatic carbocycles. The fourth-order valence-corrected chi connectivity index (χ4v) is 1.42. The minimum atomic E-state index is -0.434. The highest BCUT2D eigenvalue weighted by Gasteiger charge is 2.20. The van der Waals surface area contributed by atoms with E-state index < -0.39 is 10.3 Å². The zero-order valence-electron chi connectivity index (χ0n) is 11.4. The number of para-hydroxylation sites is 2. The normalized spacial score (nSPS) is 10.9. The van der Waals surface area contributed by atoms with E-state index in [1.165, 1.54) is 6.07 Å². The summed E-state index contributed by atoms with van der Waals surface area (Å²) in [6.07, 6.45) is 0. The Morgan fingerprint density at radius 2 is 1.89 bits per heavy atom. The maximum atomic E-state index is 11.6. The number of hydrogen-bond acceptors (Lipinski definition) is 4. The first kappa shape index (κ1) is 14.9. The van der Waals surface area contributed by atoms with Crippen molar-refractivity contribution < 1.29 is 9.72 Å². The summed E-state index contributed by atoms with van der Waals surface area (Å²) in [5.74, 6) is -0.0446. The highest BCUT2D eigenvalue weighted by Crippen LogP contribution is 2.22. The number of nitro benzene ring substituents is 1. The van der Waals surface area contributed by atoms with E-state index in [4.69, 9.17) is 0 Å². The van der Waals surface area contributed by atoms with Crippen LogP contribution in [0.15, 0.2) is 24.3 Å². The average Bonchev–Trinajstić information content (AvgIpc) is 2.33. The number of carbonyl (C=O) groups is 1. The number of carbonyl (C=O) groups excluding carboxylic acids is 1. The molecule has 0 aliphatic rings. The number of nitrogens with zero attached hydrogens (tertiary/aromatic N) is 1. The monoisotopic (exact) mass is 265 g/mol. The van der Waals surface area contributed by atoms with Crippen LogP contribution in [0.5, 0.6) is 0 Å². The Morgan fingerprint density at radius 3 is 2.47 bits per heavy atom. The molecule has 0 unspecified atom stereocenters. The maximum absolute atomic E-state index is 11.6. The summed E-state index contributed by atoms with van der Waals surface area (Å²) < 4.78 is 0. The van der Waals surface area contributed by atoms with Gasteiger partial charge >= 0.3 is 0 Å². The van der Waals surface area contributed by atoms with Crippen molar-refractivity contribution in [3.63, 3.8) is 0 Å². The first-order valence-electron chi connectivity index (χ1n) is 6.08. The highest BCUT2D eigenvalue weighted by molar-refractivity contribution is 5.81. The molecule has 0 fully saturated rings. The largest absolute Gasteiger partial charge is 0.378 e. The van der Waals surface area contributed by atoms with Gasteiger partial charge in [-0.1, -0.05) is 32.9 Å². The van der Waals surface area contributed by atoms with Crippen molar-refractivity contribution in [3.8, 4) is 0 Å². The summed E-state index contributed by atoms with van der Waals surface area (Å²) in [6, 6.07) is 6.42. The molecule has 0 atom stereocenters. The van der Waals surface area contributed by atoms with Crippen molar-refractivity contribution in [2.75, 3.05) is 18.4 Å². The zero-order valence-corrected chi connectivity index (χ0v) is 11.4. The van der Waals surface area contributed by atoms with Crippen molar-refractivity contribution in [3.05, 3.63) is 34.4 Å². The van der Waals surface area contributed by atoms with Gasteiger partial charge in [0.15, 0.2) is 0 Å². The van der Waals surface area contributed by atoms with Crippen LogP contribution >= 0.6 is 0 Å². The lowest BCUT2D eigenvalue weighted by Gasteiger charge is -2.17. The summed E-state index contributed by atoms with van der Waals surface area (Å²) in [4.78, 5) is 22.0. The SMILES string of the molecule is CC(C)(C)C(=O)NCCNc1ccccc1[N+](=O)[O-]. The Labute approximate surface area is 112 Å². The second kappa shape index (κ2) is 6.17. The summed E-state index contributed by atoms with van der Waals surface area (Å²) in [5.41, 5.74) is 0.0563. The molecular formula is C13H19N3O3. The van der Waals surface area contributed by atoms with Crippen molar-refractivity contribution in [2.24, 2.45) is 5.41 Å². The van der Waals surface area contributed by atoms with Crippen LogP contribution in [0.25, 0.3) is 0 Å². The second-order valence-electron chi connectivity index (χ2n) is 5.21. The zero-order chi connectivity index (χ0) is 14.5. The lowest BCUT2D eigenvalue weighted by Crippen LogP contribution is -2.37. The molecule has 1 aromatic rings. The Balaban J connectivity index is 2.46. The molecule has 0 heterocycles. The number of nitro groups is 1. The van der Waals surface area contributed by atoms with Crippen LogP contribution in [-0.4, -0.2) is 23.9 Å². The predicted molar refractivity (Wildman–Crippen MR) is 74.1 cm³/mol. The summed E-state index contributed by atoms with van der Waals surface area (Å²) >= 11 is 0. The van der Waals surface area contributed by atoms with Crippen LogP contribution in [-0.2, 0) is 4.79 Å². The van der Waals surface area contributed by atoms with Crippen LogP contribution in [0, 0.1) is 15.5 Å². The van der Waals surface area contributed by atoms with Gasteiger partial charge in [0, 0.05) is 24.6 Å². The number of hydrogen-bond donors (Lipinski definition) is 2. The average molecular weight is 265 g/mol. The number of rotatable bonds is 5. The third-order valence-corrected chi connectivity index (χ3v) is 2.51. The number of benzene rings is 1. The van der Waals surface area contributed by atoms with E-state index in [0.29, 0.717) is 18.8 Å². The van der Waals surface area contributed by atoms with E-state index in [9.17, 15) is 14.9 Å². The molecule has 1 rings (SSSR count). The fraction of sp³-hybridized carbons (Fsp3) is 0.462. The van der Waals surface area contributed by atoms with Gasteiger partial charge < -0.3 is 10.6 Å². The Bertz CT molecular complexity index is 466. The van der Waals surface area contributed by atoms with Crippen LogP contribution in [0.2, 0.25) is 0 Å². The molecule has 19 heavy (non-hydrogen) atoms. The van der Waals surface area contributed by atoms with E-state index in [1.807, 2.05) is 20.8 Å². The number of anilines is 1. The standard InChI is InChI=1S/C13H19N3O3/c1-13(2,3)12(17)15-9-8-14-10-6-4-5-7-11(10)16(18)19/h4-7,14H,8-9H2,1-3H3,(H,15,17). The van der Waals surface area contributed by atoms with Gasteiger partial charge in [-0.25, -0.2) is 0 Å². The van der Waals surface area contributed by atoms with Gasteiger partial charge in [0.05, 0.1) is 4.92 Å². The smallest absolute Gasteiger partial charge is 0.292 e. The first-order valence-corrected chi connectivity index (χ1v) is 6.08. The Morgan fingerprint density at radius 1 is 1.26 bits per heavy atom. The van der Waals surface area contributed by atoms with Crippen molar-refractivity contribution in [1.29, 1.82) is 0 Å². The molecule has 0 bridgehead atoms. The molecule has 0 saturated heterocycles. The van der Waals surface area contributed by atoms with Crippen molar-refractivity contribution in [2.45, 2.75) is 20.8 Å². The third kappa shape index (κ3) is 4.57. The van der Waals surface area contributed by atoms with Gasteiger partial charge in [-0.05, 0) is 6.07 Å². The Kier molecular flexibility index (Phi) is 4.86. The van der Waals surface area contributed by atoms with Gasteiger partial charge in [-0.2, -0.15) is 0 Å². The van der Waals surface area contributed by atoms with E-state index in [0.717, 1.165) is 0 Å². The maximum Gasteiger partial charge on any atom is 0.292 e. The topological polar surface area (TPSA) is 84.3 Å². The van der Waals surface area contributed by atoms with Gasteiger partial charge in [-0.3, -0.25) is 14.9 Å². The van der Waals surface area contributed by atoms with E-state index >= 15 is 0 Å². The predicted octanol–water partition coefficient (Wildman–Crippen LogP) is 2.17. The highest BCUT2D eigenvalue weighted by atomic mass is 16.6. The molecule has 0 aliphatic carbocycles. The van der Waals surface area contributed by atoms with Crippen LogP contribution < -0.4 is 10.6 Å². The van der Waals surface area contributed by atoms with Crippen molar-refractivity contribution >= 4 is 17.3 Å². The van der Waals surface area contributed by atoms with E-state index in [1.54, 1.807) is 18.2 Å². The molecule has 0 aromatic heterocycles. The molecule has 6 heteroatoms. The molecule has 104 valence electrons. The van der Waals surface area contributed by atoms with Gasteiger partial charge in [0.2, 0.25) is 5.91 Å². The molecule has 2 N–H and O–H groups in total. The number of nitrogens with one attached hydrogen (secondary N) is 2. The molecular weight excluding hydrogens is 246 g/mol. The van der Waals surface area contributed by atoms with Gasteiger partial charge in [0.1, 0.15) is 5.69 Å². The van der Waals surface area contributed by atoms with E-state index in [2.05, 4.69) is 10.6 Å². The summed E-state index contributed by atoms with van der Waals surface area (Å²) in [6.45, 7) is 6.35. The van der Waals surface area contributed by atoms with Crippen LogP contribution in [0.3, 0.4) is 0 Å². The molecule has 0 spiro atoms. The lowest BCUT2D eigenvalue weighted by atomic mass is 9.96. The molecule has 0 aliphatic heterocycles.